The lowest BCUT2D eigenvalue weighted by Gasteiger charge is -2.27. The molecule has 0 saturated heterocycles. The molecule has 0 atom stereocenters. The van der Waals surface area contributed by atoms with Gasteiger partial charge in [0.25, 0.3) is 0 Å². The Morgan fingerprint density at radius 2 is 2.16 bits per heavy atom. The second kappa shape index (κ2) is 6.63. The van der Waals surface area contributed by atoms with E-state index in [1.807, 2.05) is 6.92 Å². The first-order valence-electron chi connectivity index (χ1n) is 6.67. The van der Waals surface area contributed by atoms with Crippen molar-refractivity contribution < 1.29 is 9.90 Å². The molecule has 0 spiro atoms. The molecule has 4 nitrogen and oxygen atoms in total. The van der Waals surface area contributed by atoms with Crippen molar-refractivity contribution in [1.29, 1.82) is 0 Å². The first-order valence-corrected chi connectivity index (χ1v) is 7.89. The number of aryl methyl sites for hydroxylation is 1. The van der Waals surface area contributed by atoms with Gasteiger partial charge in [-0.15, -0.1) is 11.3 Å². The van der Waals surface area contributed by atoms with Crippen molar-refractivity contribution in [1.82, 2.24) is 10.3 Å². The number of nitrogens with one attached hydrogen (secondary N) is 2. The van der Waals surface area contributed by atoms with Crippen molar-refractivity contribution in [3.63, 3.8) is 0 Å². The SMILES string of the molecule is Cc1[nH]c(=S)sc1CC(=O)NC1CCC(CO)CC1. The molecular weight excluding hydrogens is 280 g/mol. The second-order valence-corrected chi connectivity index (χ2v) is 6.98. The van der Waals surface area contributed by atoms with E-state index in [1.54, 1.807) is 0 Å². The molecule has 1 fully saturated rings. The van der Waals surface area contributed by atoms with Crippen molar-refractivity contribution in [3.8, 4) is 0 Å². The summed E-state index contributed by atoms with van der Waals surface area (Å²) in [5.41, 5.74) is 0.995. The Labute approximate surface area is 122 Å². The average Bonchev–Trinajstić information content (AvgIpc) is 2.68. The first-order chi connectivity index (χ1) is 9.08. The van der Waals surface area contributed by atoms with Gasteiger partial charge in [-0.1, -0.05) is 0 Å². The zero-order chi connectivity index (χ0) is 13.8. The van der Waals surface area contributed by atoms with E-state index in [2.05, 4.69) is 10.3 Å². The number of aliphatic hydroxyl groups is 1. The van der Waals surface area contributed by atoms with Gasteiger partial charge in [-0.3, -0.25) is 4.79 Å². The number of aromatic nitrogens is 1. The third-order valence-electron chi connectivity index (χ3n) is 3.71. The molecule has 0 aromatic carbocycles. The number of aliphatic hydroxyl groups excluding tert-OH is 1. The molecule has 106 valence electrons. The Balaban J connectivity index is 1.82. The van der Waals surface area contributed by atoms with E-state index >= 15 is 0 Å². The van der Waals surface area contributed by atoms with Crippen molar-refractivity contribution in [3.05, 3.63) is 14.5 Å². The first kappa shape index (κ1) is 14.7. The van der Waals surface area contributed by atoms with Crippen molar-refractivity contribution >= 4 is 29.5 Å². The predicted molar refractivity (Wildman–Crippen MR) is 78.9 cm³/mol. The summed E-state index contributed by atoms with van der Waals surface area (Å²) in [6.45, 7) is 2.22. The summed E-state index contributed by atoms with van der Waals surface area (Å²) in [6, 6.07) is 0.266. The molecule has 0 bridgehead atoms. The molecule has 0 unspecified atom stereocenters. The van der Waals surface area contributed by atoms with Gasteiger partial charge in [-0.25, -0.2) is 0 Å². The molecule has 1 aliphatic rings. The molecule has 1 aromatic rings. The van der Waals surface area contributed by atoms with Crippen LogP contribution < -0.4 is 5.32 Å². The monoisotopic (exact) mass is 300 g/mol. The lowest BCUT2D eigenvalue weighted by atomic mass is 9.86. The maximum atomic E-state index is 12.0. The topological polar surface area (TPSA) is 65.1 Å². The van der Waals surface area contributed by atoms with E-state index in [0.717, 1.165) is 40.2 Å². The number of carbonyl (C=O) groups is 1. The second-order valence-electron chi connectivity index (χ2n) is 5.21. The number of H-pyrrole nitrogens is 1. The Bertz CT molecular complexity index is 487. The molecule has 1 saturated carbocycles. The van der Waals surface area contributed by atoms with Gasteiger partial charge in [0.2, 0.25) is 5.91 Å². The predicted octanol–water partition coefficient (Wildman–Crippen LogP) is 2.32. The molecule has 6 heteroatoms. The van der Waals surface area contributed by atoms with Crippen LogP contribution in [0, 0.1) is 16.8 Å². The Kier molecular flexibility index (Phi) is 5.13. The van der Waals surface area contributed by atoms with Crippen molar-refractivity contribution in [2.45, 2.75) is 45.1 Å². The number of aromatic amines is 1. The average molecular weight is 300 g/mol. The van der Waals surface area contributed by atoms with E-state index in [9.17, 15) is 4.79 Å². The highest BCUT2D eigenvalue weighted by Crippen LogP contribution is 2.24. The summed E-state index contributed by atoms with van der Waals surface area (Å²) in [6.07, 6.45) is 4.36. The molecular formula is C13H20N2O2S2. The van der Waals surface area contributed by atoms with Crippen LogP contribution in [0.3, 0.4) is 0 Å². The van der Waals surface area contributed by atoms with Gasteiger partial charge in [0.05, 0.1) is 6.42 Å². The maximum absolute atomic E-state index is 12.0. The zero-order valence-electron chi connectivity index (χ0n) is 11.1. The number of amides is 1. The van der Waals surface area contributed by atoms with Crippen LogP contribution in [0.4, 0.5) is 0 Å². The smallest absolute Gasteiger partial charge is 0.225 e. The minimum Gasteiger partial charge on any atom is -0.396 e. The molecule has 1 aromatic heterocycles. The molecule has 3 N–H and O–H groups in total. The van der Waals surface area contributed by atoms with E-state index in [0.29, 0.717) is 12.3 Å². The Hall–Kier alpha value is -0.720. The summed E-state index contributed by atoms with van der Waals surface area (Å²) < 4.78 is 0.726. The number of hydrogen-bond donors (Lipinski definition) is 3. The van der Waals surface area contributed by atoms with Crippen LogP contribution in [0.15, 0.2) is 0 Å². The fourth-order valence-electron chi connectivity index (χ4n) is 2.52. The quantitative estimate of drug-likeness (QED) is 0.748. The van der Waals surface area contributed by atoms with Crippen LogP contribution in [0.25, 0.3) is 0 Å². The summed E-state index contributed by atoms with van der Waals surface area (Å²) in [4.78, 5) is 16.1. The highest BCUT2D eigenvalue weighted by Gasteiger charge is 2.22. The summed E-state index contributed by atoms with van der Waals surface area (Å²) in [5.74, 6) is 0.492. The third-order valence-corrected chi connectivity index (χ3v) is 5.05. The normalized spacial score (nSPS) is 23.3. The summed E-state index contributed by atoms with van der Waals surface area (Å²) in [5, 5.41) is 12.2. The van der Waals surface area contributed by atoms with Gasteiger partial charge in [0, 0.05) is 23.2 Å². The Morgan fingerprint density at radius 3 is 2.68 bits per heavy atom. The summed E-state index contributed by atoms with van der Waals surface area (Å²) in [7, 11) is 0. The molecule has 19 heavy (non-hydrogen) atoms. The zero-order valence-corrected chi connectivity index (χ0v) is 12.7. The minimum absolute atomic E-state index is 0.0702. The van der Waals surface area contributed by atoms with Crippen LogP contribution in [0.1, 0.15) is 36.3 Å². The number of carbonyl (C=O) groups excluding carboxylic acids is 1. The lowest BCUT2D eigenvalue weighted by molar-refractivity contribution is -0.121. The van der Waals surface area contributed by atoms with Gasteiger partial charge in [0.1, 0.15) is 0 Å². The third kappa shape index (κ3) is 4.12. The van der Waals surface area contributed by atoms with Crippen LogP contribution in [0.5, 0.6) is 0 Å². The molecule has 1 aliphatic carbocycles. The molecule has 2 rings (SSSR count). The van der Waals surface area contributed by atoms with E-state index < -0.39 is 0 Å². The molecule has 0 radical (unpaired) electrons. The minimum atomic E-state index is 0.0702. The standard InChI is InChI=1S/C13H20N2O2S2/c1-8-11(19-13(18)14-8)6-12(17)15-10-4-2-9(7-16)3-5-10/h9-10,16H,2-7H2,1H3,(H,14,18)(H,15,17). The number of thiazole rings is 1. The van der Waals surface area contributed by atoms with E-state index in [4.69, 9.17) is 17.3 Å². The van der Waals surface area contributed by atoms with Crippen LogP contribution in [-0.4, -0.2) is 28.6 Å². The fraction of sp³-hybridized carbons (Fsp3) is 0.692. The van der Waals surface area contributed by atoms with E-state index in [-0.39, 0.29) is 18.6 Å². The van der Waals surface area contributed by atoms with E-state index in [1.165, 1.54) is 11.3 Å². The Morgan fingerprint density at radius 1 is 1.47 bits per heavy atom. The summed E-state index contributed by atoms with van der Waals surface area (Å²) >= 11 is 6.54. The van der Waals surface area contributed by atoms with Crippen LogP contribution in [-0.2, 0) is 11.2 Å². The highest BCUT2D eigenvalue weighted by atomic mass is 32.1. The van der Waals surface area contributed by atoms with Gasteiger partial charge < -0.3 is 15.4 Å². The van der Waals surface area contributed by atoms with Crippen molar-refractivity contribution in [2.75, 3.05) is 6.61 Å². The molecule has 0 aliphatic heterocycles. The largest absolute Gasteiger partial charge is 0.396 e. The highest BCUT2D eigenvalue weighted by molar-refractivity contribution is 7.73. The number of hydrogen-bond acceptors (Lipinski definition) is 4. The van der Waals surface area contributed by atoms with Crippen LogP contribution >= 0.6 is 23.6 Å². The molecule has 1 heterocycles. The fourth-order valence-corrected chi connectivity index (χ4v) is 3.81. The number of rotatable bonds is 4. The maximum Gasteiger partial charge on any atom is 0.225 e. The molecule has 1 amide bonds. The van der Waals surface area contributed by atoms with Crippen LogP contribution in [0.2, 0.25) is 0 Å². The van der Waals surface area contributed by atoms with Gasteiger partial charge in [-0.05, 0) is 50.7 Å². The van der Waals surface area contributed by atoms with Gasteiger partial charge in [-0.2, -0.15) is 0 Å². The van der Waals surface area contributed by atoms with Gasteiger partial charge in [0.15, 0.2) is 3.95 Å². The van der Waals surface area contributed by atoms with Gasteiger partial charge >= 0.3 is 0 Å². The van der Waals surface area contributed by atoms with Crippen molar-refractivity contribution in [2.24, 2.45) is 5.92 Å². The lowest BCUT2D eigenvalue weighted by Crippen LogP contribution is -2.38.